The fourth-order valence-corrected chi connectivity index (χ4v) is 3.22. The smallest absolute Gasteiger partial charge is 0.162 e. The lowest BCUT2D eigenvalue weighted by atomic mass is 10.2. The third kappa shape index (κ3) is 3.52. The van der Waals surface area contributed by atoms with Crippen LogP contribution < -0.4 is 4.74 Å². The summed E-state index contributed by atoms with van der Waals surface area (Å²) in [5.74, 6) is 1.16. The number of ether oxygens (including phenoxy) is 1. The van der Waals surface area contributed by atoms with Crippen molar-refractivity contribution in [1.29, 1.82) is 0 Å². The largest absolute Gasteiger partial charge is 0.493 e. The van der Waals surface area contributed by atoms with Gasteiger partial charge < -0.3 is 9.84 Å². The molecule has 0 spiro atoms. The second-order valence-electron chi connectivity index (χ2n) is 4.01. The molecule has 4 nitrogen and oxygen atoms in total. The molecule has 0 saturated heterocycles. The summed E-state index contributed by atoms with van der Waals surface area (Å²) >= 11 is 5.02. The number of hydrogen-bond acceptors (Lipinski definition) is 4. The van der Waals surface area contributed by atoms with Crippen LogP contribution in [0.2, 0.25) is 0 Å². The summed E-state index contributed by atoms with van der Waals surface area (Å²) in [5.41, 5.74) is 0.699. The lowest BCUT2D eigenvalue weighted by Gasteiger charge is -2.12. The van der Waals surface area contributed by atoms with Crippen LogP contribution in [0.3, 0.4) is 0 Å². The van der Waals surface area contributed by atoms with Crippen molar-refractivity contribution in [3.63, 3.8) is 0 Å². The fourth-order valence-electron chi connectivity index (χ4n) is 1.77. The van der Waals surface area contributed by atoms with E-state index in [1.165, 1.54) is 0 Å². The van der Waals surface area contributed by atoms with E-state index in [0.29, 0.717) is 17.2 Å². The Bertz CT molecular complexity index is 559. The molecular weight excluding hydrogens is 328 g/mol. The molecular formula is C13H15BrN2O2S. The molecule has 1 N–H and O–H groups in total. The molecule has 2 aromatic rings. The predicted molar refractivity (Wildman–Crippen MR) is 79.6 cm³/mol. The first-order valence-corrected chi connectivity index (χ1v) is 7.52. The number of halogens is 1. The lowest BCUT2D eigenvalue weighted by molar-refractivity contribution is 0.188. The number of benzene rings is 1. The number of rotatable bonds is 5. The van der Waals surface area contributed by atoms with Crippen LogP contribution in [-0.4, -0.2) is 27.7 Å². The van der Waals surface area contributed by atoms with Crippen LogP contribution in [0.15, 0.2) is 39.8 Å². The standard InChI is InChI=1S/C13H15BrN2O2S/c1-16-13(12(18-2)7-15-16)11(17)8-19-10-5-3-4-9(14)6-10/h3-7,11,17H,8H2,1-2H3. The van der Waals surface area contributed by atoms with Gasteiger partial charge in [0, 0.05) is 22.2 Å². The van der Waals surface area contributed by atoms with Crippen molar-refractivity contribution in [2.24, 2.45) is 7.05 Å². The number of aliphatic hydroxyl groups is 1. The molecule has 0 saturated carbocycles. The Hall–Kier alpha value is -0.980. The quantitative estimate of drug-likeness (QED) is 0.848. The first-order valence-electron chi connectivity index (χ1n) is 5.74. The summed E-state index contributed by atoms with van der Waals surface area (Å²) < 4.78 is 7.87. The third-order valence-corrected chi connectivity index (χ3v) is 4.25. The van der Waals surface area contributed by atoms with E-state index in [-0.39, 0.29) is 0 Å². The van der Waals surface area contributed by atoms with E-state index in [0.717, 1.165) is 9.37 Å². The number of aliphatic hydroxyl groups excluding tert-OH is 1. The predicted octanol–water partition coefficient (Wildman–Crippen LogP) is 3.02. The number of aromatic nitrogens is 2. The topological polar surface area (TPSA) is 47.3 Å². The number of hydrogen-bond donors (Lipinski definition) is 1. The van der Waals surface area contributed by atoms with Crippen molar-refractivity contribution >= 4 is 27.7 Å². The van der Waals surface area contributed by atoms with Crippen molar-refractivity contribution in [2.45, 2.75) is 11.0 Å². The van der Waals surface area contributed by atoms with Crippen LogP contribution in [0.4, 0.5) is 0 Å². The average molecular weight is 343 g/mol. The van der Waals surface area contributed by atoms with Gasteiger partial charge in [0.25, 0.3) is 0 Å². The highest BCUT2D eigenvalue weighted by Gasteiger charge is 2.18. The summed E-state index contributed by atoms with van der Waals surface area (Å²) in [6.07, 6.45) is 0.994. The third-order valence-electron chi connectivity index (χ3n) is 2.69. The van der Waals surface area contributed by atoms with Gasteiger partial charge in [-0.2, -0.15) is 5.10 Å². The highest BCUT2D eigenvalue weighted by atomic mass is 79.9. The highest BCUT2D eigenvalue weighted by molar-refractivity contribution is 9.10. The Morgan fingerprint density at radius 2 is 2.32 bits per heavy atom. The van der Waals surface area contributed by atoms with Gasteiger partial charge in [0.05, 0.1) is 13.3 Å². The minimum atomic E-state index is -0.619. The van der Waals surface area contributed by atoms with E-state index < -0.39 is 6.10 Å². The second-order valence-corrected chi connectivity index (χ2v) is 6.02. The van der Waals surface area contributed by atoms with Gasteiger partial charge in [-0.3, -0.25) is 4.68 Å². The van der Waals surface area contributed by atoms with Crippen molar-refractivity contribution in [2.75, 3.05) is 12.9 Å². The molecule has 0 bridgehead atoms. The van der Waals surface area contributed by atoms with Gasteiger partial charge in [0.2, 0.25) is 0 Å². The molecule has 0 aliphatic carbocycles. The molecule has 0 radical (unpaired) electrons. The van der Waals surface area contributed by atoms with Crippen LogP contribution >= 0.6 is 27.7 Å². The molecule has 102 valence electrons. The maximum Gasteiger partial charge on any atom is 0.162 e. The zero-order chi connectivity index (χ0) is 13.8. The monoisotopic (exact) mass is 342 g/mol. The van der Waals surface area contributed by atoms with Crippen LogP contribution in [0, 0.1) is 0 Å². The highest BCUT2D eigenvalue weighted by Crippen LogP contribution is 2.30. The fraction of sp³-hybridized carbons (Fsp3) is 0.308. The van der Waals surface area contributed by atoms with Gasteiger partial charge in [-0.15, -0.1) is 11.8 Å². The van der Waals surface area contributed by atoms with E-state index in [2.05, 4.69) is 21.0 Å². The first-order chi connectivity index (χ1) is 9.11. The van der Waals surface area contributed by atoms with Crippen LogP contribution in [0.25, 0.3) is 0 Å². The Morgan fingerprint density at radius 3 is 3.00 bits per heavy atom. The summed E-state index contributed by atoms with van der Waals surface area (Å²) in [7, 11) is 3.37. The summed E-state index contributed by atoms with van der Waals surface area (Å²) in [5, 5.41) is 14.4. The number of nitrogens with zero attached hydrogens (tertiary/aromatic N) is 2. The van der Waals surface area contributed by atoms with Crippen molar-refractivity contribution in [3.05, 3.63) is 40.6 Å². The number of thioether (sulfide) groups is 1. The van der Waals surface area contributed by atoms with Gasteiger partial charge in [-0.05, 0) is 18.2 Å². The van der Waals surface area contributed by atoms with E-state index in [9.17, 15) is 5.11 Å². The zero-order valence-electron chi connectivity index (χ0n) is 10.7. The SMILES string of the molecule is COc1cnn(C)c1C(O)CSc1cccc(Br)c1. The van der Waals surface area contributed by atoms with E-state index in [4.69, 9.17) is 4.74 Å². The summed E-state index contributed by atoms with van der Waals surface area (Å²) in [6.45, 7) is 0. The minimum absolute atomic E-state index is 0.548. The zero-order valence-corrected chi connectivity index (χ0v) is 13.1. The Labute approximate surface area is 124 Å². The Morgan fingerprint density at radius 1 is 1.53 bits per heavy atom. The molecule has 1 heterocycles. The van der Waals surface area contributed by atoms with E-state index in [1.54, 1.807) is 36.8 Å². The molecule has 1 aromatic heterocycles. The molecule has 1 aromatic carbocycles. The minimum Gasteiger partial charge on any atom is -0.493 e. The number of aryl methyl sites for hydroxylation is 1. The molecule has 0 aliphatic rings. The van der Waals surface area contributed by atoms with Crippen LogP contribution in [0.1, 0.15) is 11.8 Å². The van der Waals surface area contributed by atoms with Crippen molar-refractivity contribution in [1.82, 2.24) is 9.78 Å². The molecule has 0 fully saturated rings. The molecule has 1 unspecified atom stereocenters. The lowest BCUT2D eigenvalue weighted by Crippen LogP contribution is -2.08. The molecule has 0 amide bonds. The summed E-state index contributed by atoms with van der Waals surface area (Å²) in [6, 6.07) is 7.99. The molecule has 6 heteroatoms. The van der Waals surface area contributed by atoms with Crippen molar-refractivity contribution in [3.8, 4) is 5.75 Å². The van der Waals surface area contributed by atoms with Gasteiger partial charge in [-0.1, -0.05) is 22.0 Å². The maximum atomic E-state index is 10.3. The number of methoxy groups -OCH3 is 1. The maximum absolute atomic E-state index is 10.3. The molecule has 2 rings (SSSR count). The van der Waals surface area contributed by atoms with Gasteiger partial charge in [0.15, 0.2) is 5.75 Å². The van der Waals surface area contributed by atoms with Crippen molar-refractivity contribution < 1.29 is 9.84 Å². The average Bonchev–Trinajstić information content (AvgIpc) is 2.77. The van der Waals surface area contributed by atoms with Crippen LogP contribution in [-0.2, 0) is 7.05 Å². The Kier molecular flexibility index (Phi) is 4.90. The molecule has 0 aliphatic heterocycles. The normalized spacial score (nSPS) is 12.4. The van der Waals surface area contributed by atoms with Gasteiger partial charge in [0.1, 0.15) is 11.8 Å². The van der Waals surface area contributed by atoms with Crippen LogP contribution in [0.5, 0.6) is 5.75 Å². The van der Waals surface area contributed by atoms with Gasteiger partial charge >= 0.3 is 0 Å². The Balaban J connectivity index is 2.05. The summed E-state index contributed by atoms with van der Waals surface area (Å²) in [4.78, 5) is 1.11. The van der Waals surface area contributed by atoms with E-state index >= 15 is 0 Å². The molecule has 19 heavy (non-hydrogen) atoms. The molecule has 1 atom stereocenters. The second kappa shape index (κ2) is 6.45. The van der Waals surface area contributed by atoms with E-state index in [1.807, 2.05) is 24.3 Å². The first kappa shape index (κ1) is 14.4. The van der Waals surface area contributed by atoms with Gasteiger partial charge in [-0.25, -0.2) is 0 Å².